The maximum Gasteiger partial charge on any atom is 0.300 e. The van der Waals surface area contributed by atoms with Crippen molar-refractivity contribution in [3.8, 4) is 0 Å². The molecule has 31 heavy (non-hydrogen) atoms. The van der Waals surface area contributed by atoms with E-state index in [1.165, 1.54) is 15.9 Å². The normalized spacial score (nSPS) is 10.2. The van der Waals surface area contributed by atoms with Crippen LogP contribution in [0.5, 0.6) is 0 Å². The van der Waals surface area contributed by atoms with Crippen molar-refractivity contribution in [1.82, 2.24) is 4.90 Å². The Morgan fingerprint density at radius 3 is 1.16 bits per heavy atom. The van der Waals surface area contributed by atoms with Gasteiger partial charge in [0.15, 0.2) is 0 Å². The maximum atomic E-state index is 9.00. The lowest BCUT2D eigenvalue weighted by Gasteiger charge is -2.29. The first kappa shape index (κ1) is 26.0. The van der Waals surface area contributed by atoms with E-state index in [1.54, 1.807) is 0 Å². The third-order valence-corrected chi connectivity index (χ3v) is 8.61. The van der Waals surface area contributed by atoms with Gasteiger partial charge >= 0.3 is 0 Å². The molecule has 0 unspecified atom stereocenters. The summed E-state index contributed by atoms with van der Waals surface area (Å²) in [4.78, 5) is 20.2. The number of benzene rings is 3. The zero-order valence-electron chi connectivity index (χ0n) is 18.4. The molecule has 0 amide bonds. The highest BCUT2D eigenvalue weighted by molar-refractivity contribution is 7.95. The lowest BCUT2D eigenvalue weighted by atomic mass is 10.4. The highest BCUT2D eigenvalue weighted by atomic mass is 31.2. The number of aliphatic carboxylic acids is 2. The quantitative estimate of drug-likeness (QED) is 0.618. The van der Waals surface area contributed by atoms with Crippen molar-refractivity contribution in [2.75, 3.05) is 20.4 Å². The van der Waals surface area contributed by atoms with E-state index in [4.69, 9.17) is 19.8 Å². The second kappa shape index (κ2) is 13.3. The second-order valence-corrected chi connectivity index (χ2v) is 10.5. The lowest BCUT2D eigenvalue weighted by Crippen LogP contribution is -2.37. The molecule has 0 fully saturated rings. The van der Waals surface area contributed by atoms with Gasteiger partial charge in [0.2, 0.25) is 0 Å². The van der Waals surface area contributed by atoms with Gasteiger partial charge in [-0.1, -0.05) is 54.6 Å². The van der Waals surface area contributed by atoms with Crippen LogP contribution in [0.25, 0.3) is 0 Å². The average Bonchev–Trinajstić information content (AvgIpc) is 2.73. The van der Waals surface area contributed by atoms with Gasteiger partial charge < -0.3 is 15.0 Å². The third kappa shape index (κ3) is 8.71. The first-order chi connectivity index (χ1) is 14.7. The minimum absolute atomic E-state index is 0.833. The topological polar surface area (TPSA) is 80.7 Å². The molecule has 0 bridgehead atoms. The van der Waals surface area contributed by atoms with Gasteiger partial charge in [-0.2, -0.15) is 0 Å². The van der Waals surface area contributed by atoms with E-state index < -0.39 is 19.2 Å². The summed E-state index contributed by atoms with van der Waals surface area (Å²) in [5, 5.41) is 20.6. The fourth-order valence-electron chi connectivity index (χ4n) is 3.16. The van der Waals surface area contributed by atoms with Gasteiger partial charge in [0.1, 0.15) is 29.5 Å². The van der Waals surface area contributed by atoms with Gasteiger partial charge in [0.05, 0.1) is 0 Å². The molecule has 6 heteroatoms. The number of rotatable bonds is 5. The molecule has 3 rings (SSSR count). The van der Waals surface area contributed by atoms with Crippen LogP contribution in [0, 0.1) is 0 Å². The van der Waals surface area contributed by atoms with Crippen molar-refractivity contribution in [1.29, 1.82) is 0 Å². The fraction of sp³-hybridized carbons (Fsp3) is 0.200. The number of carbonyl (C=O) groups is 2. The third-order valence-electron chi connectivity index (χ3n) is 4.09. The molecule has 0 aliphatic heterocycles. The van der Waals surface area contributed by atoms with Crippen LogP contribution >= 0.6 is 7.26 Å². The smallest absolute Gasteiger partial charge is 0.300 e. The van der Waals surface area contributed by atoms with Gasteiger partial charge in [-0.3, -0.25) is 9.69 Å². The molecule has 5 nitrogen and oxygen atoms in total. The Kier molecular flexibility index (Phi) is 11.2. The van der Waals surface area contributed by atoms with Gasteiger partial charge in [0, 0.05) is 12.9 Å². The standard InChI is InChI=1S/C21H23NP.2C2H4O2/c1-22(2)18-23(19-12-6-3-7-13-19,20-14-8-4-9-15-20)21-16-10-5-11-17-21;2*1-2(3)4/h3-17H,18H2,1-2H3;2*1H3,(H,3,4)/q+1;;/p-1. The van der Waals surface area contributed by atoms with Crippen molar-refractivity contribution in [3.05, 3.63) is 91.0 Å². The van der Waals surface area contributed by atoms with Crippen LogP contribution in [0.15, 0.2) is 91.0 Å². The Hall–Kier alpha value is -3.01. The van der Waals surface area contributed by atoms with Gasteiger partial charge in [-0.05, 0) is 57.4 Å². The summed E-state index contributed by atoms with van der Waals surface area (Å²) in [7, 11) is 2.66. The zero-order valence-corrected chi connectivity index (χ0v) is 19.3. The van der Waals surface area contributed by atoms with Crippen LogP contribution in [0.2, 0.25) is 0 Å². The number of nitrogens with zero attached hydrogens (tertiary/aromatic N) is 1. The van der Waals surface area contributed by atoms with Crippen LogP contribution in [0.4, 0.5) is 0 Å². The van der Waals surface area contributed by atoms with Crippen molar-refractivity contribution in [3.63, 3.8) is 0 Å². The molecule has 164 valence electrons. The molecule has 0 aromatic heterocycles. The van der Waals surface area contributed by atoms with E-state index in [2.05, 4.69) is 110 Å². The Bertz CT molecular complexity index is 799. The van der Waals surface area contributed by atoms with Crippen molar-refractivity contribution >= 4 is 35.1 Å². The summed E-state index contributed by atoms with van der Waals surface area (Å²) in [6, 6.07) is 33.0. The molecule has 3 aromatic rings. The van der Waals surface area contributed by atoms with Gasteiger partial charge in [-0.15, -0.1) is 0 Å². The van der Waals surface area contributed by atoms with E-state index >= 15 is 0 Å². The van der Waals surface area contributed by atoms with Crippen LogP contribution < -0.4 is 21.0 Å². The summed E-state index contributed by atoms with van der Waals surface area (Å²) < 4.78 is 0. The van der Waals surface area contributed by atoms with Crippen molar-refractivity contribution in [2.45, 2.75) is 13.8 Å². The number of carboxylic acid groups (broad SMARTS) is 2. The first-order valence-corrected chi connectivity index (χ1v) is 11.7. The fourth-order valence-corrected chi connectivity index (χ4v) is 7.44. The Morgan fingerprint density at radius 2 is 0.968 bits per heavy atom. The maximum absolute atomic E-state index is 9.00. The summed E-state index contributed by atoms with van der Waals surface area (Å²) in [5.74, 6) is -1.92. The molecule has 0 saturated heterocycles. The molecule has 0 radical (unpaired) electrons. The largest absolute Gasteiger partial charge is 0.550 e. The predicted octanol–water partition coefficient (Wildman–Crippen LogP) is 2.35. The highest BCUT2D eigenvalue weighted by Gasteiger charge is 2.45. The zero-order chi connectivity index (χ0) is 23.3. The lowest BCUT2D eigenvalue weighted by molar-refractivity contribution is -0.302. The van der Waals surface area contributed by atoms with Gasteiger partial charge in [0.25, 0.3) is 5.97 Å². The predicted molar refractivity (Wildman–Crippen MR) is 128 cm³/mol. The van der Waals surface area contributed by atoms with E-state index in [0.717, 1.165) is 20.1 Å². The summed E-state index contributed by atoms with van der Waals surface area (Å²) in [6.07, 6.45) is 1.03. The second-order valence-electron chi connectivity index (χ2n) is 7.05. The minimum atomic E-state index is -1.68. The van der Waals surface area contributed by atoms with E-state index in [1.807, 2.05) is 0 Å². The minimum Gasteiger partial charge on any atom is -0.550 e. The van der Waals surface area contributed by atoms with Crippen molar-refractivity contribution in [2.24, 2.45) is 0 Å². The first-order valence-electron chi connectivity index (χ1n) is 9.77. The van der Waals surface area contributed by atoms with Crippen LogP contribution in [0.1, 0.15) is 13.8 Å². The SMILES string of the molecule is CC(=O)O.CC(=O)[O-].CN(C)C[P+](c1ccccc1)(c1ccccc1)c1ccccc1. The van der Waals surface area contributed by atoms with Crippen LogP contribution in [-0.2, 0) is 9.59 Å². The average molecular weight is 439 g/mol. The van der Waals surface area contributed by atoms with Crippen LogP contribution in [-0.4, -0.2) is 42.3 Å². The Labute approximate surface area is 185 Å². The van der Waals surface area contributed by atoms with E-state index in [-0.39, 0.29) is 0 Å². The molecule has 0 heterocycles. The summed E-state index contributed by atoms with van der Waals surface area (Å²) >= 11 is 0. The van der Waals surface area contributed by atoms with Gasteiger partial charge in [-0.25, -0.2) is 0 Å². The Balaban J connectivity index is 0.000000519. The number of carbonyl (C=O) groups excluding carboxylic acids is 1. The monoisotopic (exact) mass is 439 g/mol. The van der Waals surface area contributed by atoms with E-state index in [0.29, 0.717) is 0 Å². The molecule has 0 saturated carbocycles. The molecule has 0 aliphatic carbocycles. The molecule has 0 spiro atoms. The molecular weight excluding hydrogens is 409 g/mol. The molecule has 1 N–H and O–H groups in total. The summed E-state index contributed by atoms with van der Waals surface area (Å²) in [6.45, 7) is 2.06. The highest BCUT2D eigenvalue weighted by Crippen LogP contribution is 2.55. The van der Waals surface area contributed by atoms with Crippen LogP contribution in [0.3, 0.4) is 0 Å². The Morgan fingerprint density at radius 1 is 0.742 bits per heavy atom. The number of hydrogen-bond acceptors (Lipinski definition) is 4. The molecular formula is C25H30NO4P. The summed E-state index contributed by atoms with van der Waals surface area (Å²) in [5.41, 5.74) is 0. The number of hydrogen-bond donors (Lipinski definition) is 1. The van der Waals surface area contributed by atoms with Crippen molar-refractivity contribution < 1.29 is 19.8 Å². The molecule has 3 aromatic carbocycles. The van der Waals surface area contributed by atoms with E-state index in [9.17, 15) is 0 Å². The number of carboxylic acids is 2. The molecule has 0 aliphatic rings. The molecule has 0 atom stereocenters.